The lowest BCUT2D eigenvalue weighted by Gasteiger charge is -2.24. The molecule has 1 aromatic heterocycles. The molecule has 0 fully saturated rings. The summed E-state index contributed by atoms with van der Waals surface area (Å²) in [5.74, 6) is 0.469. The Bertz CT molecular complexity index is 465. The van der Waals surface area contributed by atoms with Crippen LogP contribution in [-0.4, -0.2) is 35.6 Å². The van der Waals surface area contributed by atoms with E-state index >= 15 is 0 Å². The summed E-state index contributed by atoms with van der Waals surface area (Å²) in [5, 5.41) is 3.90. The number of rotatable bonds is 5. The molecule has 98 valence electrons. The van der Waals surface area contributed by atoms with E-state index in [1.165, 1.54) is 21.4 Å². The summed E-state index contributed by atoms with van der Waals surface area (Å²) in [4.78, 5) is 0.248. The summed E-state index contributed by atoms with van der Waals surface area (Å²) in [6.45, 7) is 6.09. The van der Waals surface area contributed by atoms with Crippen LogP contribution in [0.5, 0.6) is 0 Å². The average Bonchev–Trinajstić information content (AvgIpc) is 2.63. The number of aryl methyl sites for hydroxylation is 1. The monoisotopic (exact) mass is 259 g/mol. The number of aromatic nitrogens is 2. The molecule has 1 aromatic rings. The maximum absolute atomic E-state index is 12.2. The predicted molar refractivity (Wildman–Crippen MR) is 67.1 cm³/mol. The number of sulfonamides is 1. The van der Waals surface area contributed by atoms with Crippen molar-refractivity contribution in [2.75, 3.05) is 7.05 Å². The summed E-state index contributed by atoms with van der Waals surface area (Å²) in [5.41, 5.74) is 0. The maximum Gasteiger partial charge on any atom is 0.246 e. The second-order valence-corrected chi connectivity index (χ2v) is 6.85. The van der Waals surface area contributed by atoms with Crippen molar-refractivity contribution in [2.24, 2.45) is 13.0 Å². The number of hydrogen-bond acceptors (Lipinski definition) is 3. The van der Waals surface area contributed by atoms with Crippen molar-refractivity contribution >= 4 is 10.0 Å². The highest BCUT2D eigenvalue weighted by Crippen LogP contribution is 2.18. The van der Waals surface area contributed by atoms with Crippen LogP contribution in [0.25, 0.3) is 0 Å². The first-order chi connectivity index (χ1) is 7.75. The molecule has 0 unspecified atom stereocenters. The molecule has 0 saturated heterocycles. The number of nitrogens with zero attached hydrogens (tertiary/aromatic N) is 3. The van der Waals surface area contributed by atoms with Gasteiger partial charge in [0.2, 0.25) is 10.0 Å². The minimum atomic E-state index is -3.41. The molecule has 17 heavy (non-hydrogen) atoms. The van der Waals surface area contributed by atoms with E-state index in [4.69, 9.17) is 0 Å². The summed E-state index contributed by atoms with van der Waals surface area (Å²) >= 11 is 0. The summed E-state index contributed by atoms with van der Waals surface area (Å²) in [6.07, 6.45) is 3.75. The van der Waals surface area contributed by atoms with Gasteiger partial charge in [0.25, 0.3) is 0 Å². The molecular formula is C11H21N3O2S. The lowest BCUT2D eigenvalue weighted by atomic mass is 10.1. The van der Waals surface area contributed by atoms with Crippen molar-refractivity contribution in [3.05, 3.63) is 12.4 Å². The minimum absolute atomic E-state index is 0.0137. The van der Waals surface area contributed by atoms with Gasteiger partial charge in [-0.05, 0) is 19.3 Å². The van der Waals surface area contributed by atoms with Gasteiger partial charge in [0, 0.05) is 26.3 Å². The smallest absolute Gasteiger partial charge is 0.246 e. The van der Waals surface area contributed by atoms with E-state index in [0.717, 1.165) is 6.42 Å². The second kappa shape index (κ2) is 5.18. The van der Waals surface area contributed by atoms with E-state index < -0.39 is 10.0 Å². The third kappa shape index (κ3) is 3.29. The molecule has 0 aliphatic rings. The predicted octanol–water partition coefficient (Wildman–Crippen LogP) is 1.48. The van der Waals surface area contributed by atoms with Gasteiger partial charge in [0.15, 0.2) is 0 Å². The zero-order valence-corrected chi connectivity index (χ0v) is 11.9. The molecular weight excluding hydrogens is 238 g/mol. The molecule has 1 rings (SSSR count). The molecule has 0 radical (unpaired) electrons. The molecule has 0 aliphatic heterocycles. The van der Waals surface area contributed by atoms with Crippen molar-refractivity contribution in [3.8, 4) is 0 Å². The van der Waals surface area contributed by atoms with Crippen molar-refractivity contribution in [3.63, 3.8) is 0 Å². The Morgan fingerprint density at radius 1 is 1.41 bits per heavy atom. The van der Waals surface area contributed by atoms with Gasteiger partial charge in [-0.2, -0.15) is 9.40 Å². The SMILES string of the molecule is CC(C)C[C@H](C)N(C)S(=O)(=O)c1cnn(C)c1. The molecule has 0 spiro atoms. The molecule has 0 amide bonds. The van der Waals surface area contributed by atoms with Crippen molar-refractivity contribution < 1.29 is 8.42 Å². The molecule has 0 aromatic carbocycles. The fourth-order valence-corrected chi connectivity index (χ4v) is 3.12. The lowest BCUT2D eigenvalue weighted by molar-refractivity contribution is 0.338. The molecule has 0 saturated carbocycles. The van der Waals surface area contributed by atoms with Crippen LogP contribution < -0.4 is 0 Å². The minimum Gasteiger partial charge on any atom is -0.274 e. The first-order valence-electron chi connectivity index (χ1n) is 5.71. The van der Waals surface area contributed by atoms with Crippen molar-refractivity contribution in [2.45, 2.75) is 38.1 Å². The zero-order chi connectivity index (χ0) is 13.2. The van der Waals surface area contributed by atoms with E-state index in [-0.39, 0.29) is 10.9 Å². The van der Waals surface area contributed by atoms with Crippen LogP contribution >= 0.6 is 0 Å². The molecule has 5 nitrogen and oxygen atoms in total. The Morgan fingerprint density at radius 2 is 2.00 bits per heavy atom. The third-order valence-electron chi connectivity index (χ3n) is 2.79. The molecule has 1 atom stereocenters. The fraction of sp³-hybridized carbons (Fsp3) is 0.727. The summed E-state index contributed by atoms with van der Waals surface area (Å²) in [6, 6.07) is -0.0137. The van der Waals surface area contributed by atoms with Crippen molar-refractivity contribution in [1.29, 1.82) is 0 Å². The molecule has 1 heterocycles. The second-order valence-electron chi connectivity index (χ2n) is 4.85. The van der Waals surface area contributed by atoms with Crippen LogP contribution in [-0.2, 0) is 17.1 Å². The van der Waals surface area contributed by atoms with Crippen LogP contribution in [0.1, 0.15) is 27.2 Å². The topological polar surface area (TPSA) is 55.2 Å². The Morgan fingerprint density at radius 3 is 2.41 bits per heavy atom. The normalized spacial score (nSPS) is 14.5. The third-order valence-corrected chi connectivity index (χ3v) is 4.72. The maximum atomic E-state index is 12.2. The zero-order valence-electron chi connectivity index (χ0n) is 11.1. The van der Waals surface area contributed by atoms with Gasteiger partial charge >= 0.3 is 0 Å². The van der Waals surface area contributed by atoms with E-state index in [1.54, 1.807) is 14.1 Å². The van der Waals surface area contributed by atoms with Gasteiger partial charge in [-0.25, -0.2) is 8.42 Å². The first-order valence-corrected chi connectivity index (χ1v) is 7.16. The van der Waals surface area contributed by atoms with Gasteiger partial charge < -0.3 is 0 Å². The van der Waals surface area contributed by atoms with E-state index in [2.05, 4.69) is 18.9 Å². The van der Waals surface area contributed by atoms with Crippen LogP contribution in [0.3, 0.4) is 0 Å². The quantitative estimate of drug-likeness (QED) is 0.804. The van der Waals surface area contributed by atoms with Gasteiger partial charge in [0.1, 0.15) is 4.90 Å². The van der Waals surface area contributed by atoms with E-state index in [0.29, 0.717) is 5.92 Å². The summed E-state index contributed by atoms with van der Waals surface area (Å²) < 4.78 is 27.4. The lowest BCUT2D eigenvalue weighted by Crippen LogP contribution is -2.35. The Kier molecular flexibility index (Phi) is 4.32. The molecule has 0 aliphatic carbocycles. The highest BCUT2D eigenvalue weighted by Gasteiger charge is 2.26. The molecule has 0 bridgehead atoms. The van der Waals surface area contributed by atoms with Gasteiger partial charge in [-0.1, -0.05) is 13.8 Å². The Hall–Kier alpha value is -0.880. The fourth-order valence-electron chi connectivity index (χ4n) is 1.77. The Balaban J connectivity index is 2.91. The standard InChI is InChI=1S/C11H21N3O2S/c1-9(2)6-10(3)14(5)17(15,16)11-7-12-13(4)8-11/h7-10H,6H2,1-5H3/t10-/m0/s1. The largest absolute Gasteiger partial charge is 0.274 e. The van der Waals surface area contributed by atoms with Crippen LogP contribution in [0.15, 0.2) is 17.3 Å². The molecule has 6 heteroatoms. The van der Waals surface area contributed by atoms with Crippen LogP contribution in [0.4, 0.5) is 0 Å². The highest BCUT2D eigenvalue weighted by molar-refractivity contribution is 7.89. The van der Waals surface area contributed by atoms with Gasteiger partial charge in [0.05, 0.1) is 6.20 Å². The van der Waals surface area contributed by atoms with Crippen LogP contribution in [0.2, 0.25) is 0 Å². The van der Waals surface area contributed by atoms with E-state index in [9.17, 15) is 8.42 Å². The summed E-state index contributed by atoms with van der Waals surface area (Å²) in [7, 11) is -0.0877. The van der Waals surface area contributed by atoms with Crippen molar-refractivity contribution in [1.82, 2.24) is 14.1 Å². The molecule has 0 N–H and O–H groups in total. The Labute approximate surface area is 103 Å². The highest BCUT2D eigenvalue weighted by atomic mass is 32.2. The van der Waals surface area contributed by atoms with E-state index in [1.807, 2.05) is 6.92 Å². The van der Waals surface area contributed by atoms with Crippen LogP contribution in [0, 0.1) is 5.92 Å². The number of hydrogen-bond donors (Lipinski definition) is 0. The first kappa shape index (κ1) is 14.2. The van der Waals surface area contributed by atoms with Gasteiger partial charge in [-0.15, -0.1) is 0 Å². The van der Waals surface area contributed by atoms with Gasteiger partial charge in [-0.3, -0.25) is 4.68 Å². The average molecular weight is 259 g/mol.